The maximum Gasteiger partial charge on any atom is 0.175 e. The molecule has 0 aliphatic heterocycles. The number of nitrogens with two attached hydrogens (primary N) is 1. The predicted molar refractivity (Wildman–Crippen MR) is 70.0 cm³/mol. The van der Waals surface area contributed by atoms with Crippen LogP contribution in [0.4, 0.5) is 11.4 Å². The van der Waals surface area contributed by atoms with Crippen molar-refractivity contribution in [3.05, 3.63) is 18.2 Å². The number of nitrogens with zero attached hydrogens (tertiary/aromatic N) is 1. The van der Waals surface area contributed by atoms with Crippen molar-refractivity contribution in [1.82, 2.24) is 0 Å². The van der Waals surface area contributed by atoms with Gasteiger partial charge in [0.1, 0.15) is 0 Å². The molecular formula is C12H18N2O2S. The second-order valence-corrected chi connectivity index (χ2v) is 6.53. The van der Waals surface area contributed by atoms with Crippen molar-refractivity contribution < 1.29 is 8.42 Å². The summed E-state index contributed by atoms with van der Waals surface area (Å²) in [5.41, 5.74) is 7.44. The maximum atomic E-state index is 11.4. The fourth-order valence-electron chi connectivity index (χ4n) is 2.04. The summed E-state index contributed by atoms with van der Waals surface area (Å²) in [6.45, 7) is 2.98. The van der Waals surface area contributed by atoms with Gasteiger partial charge in [-0.1, -0.05) is 0 Å². The lowest BCUT2D eigenvalue weighted by Gasteiger charge is -2.24. The zero-order valence-corrected chi connectivity index (χ0v) is 11.0. The summed E-state index contributed by atoms with van der Waals surface area (Å²) in [7, 11) is -3.18. The molecule has 4 nitrogen and oxygen atoms in total. The van der Waals surface area contributed by atoms with Crippen molar-refractivity contribution in [3.63, 3.8) is 0 Å². The van der Waals surface area contributed by atoms with Gasteiger partial charge < -0.3 is 10.6 Å². The molecule has 1 saturated carbocycles. The standard InChI is InChI=1S/C12H18N2O2S/c1-3-14(9-4-5-9)12-7-6-10(8-11(12)13)17(2,15)16/h6-9H,3-5,13H2,1-2H3. The minimum Gasteiger partial charge on any atom is -0.397 e. The average molecular weight is 254 g/mol. The molecule has 2 N–H and O–H groups in total. The molecule has 0 spiro atoms. The van der Waals surface area contributed by atoms with Crippen LogP contribution < -0.4 is 10.6 Å². The van der Waals surface area contributed by atoms with Crippen molar-refractivity contribution >= 4 is 21.2 Å². The van der Waals surface area contributed by atoms with E-state index in [9.17, 15) is 8.42 Å². The van der Waals surface area contributed by atoms with E-state index in [2.05, 4.69) is 11.8 Å². The molecule has 1 aliphatic carbocycles. The van der Waals surface area contributed by atoms with Gasteiger partial charge in [-0.15, -0.1) is 0 Å². The summed E-state index contributed by atoms with van der Waals surface area (Å²) in [5, 5.41) is 0. The Balaban J connectivity index is 2.37. The smallest absolute Gasteiger partial charge is 0.175 e. The highest BCUT2D eigenvalue weighted by molar-refractivity contribution is 7.90. The Kier molecular flexibility index (Phi) is 3.03. The van der Waals surface area contributed by atoms with E-state index in [1.165, 1.54) is 19.1 Å². The number of sulfone groups is 1. The summed E-state index contributed by atoms with van der Waals surface area (Å²) < 4.78 is 22.8. The van der Waals surface area contributed by atoms with E-state index < -0.39 is 9.84 Å². The van der Waals surface area contributed by atoms with Gasteiger partial charge in [-0.3, -0.25) is 0 Å². The fourth-order valence-corrected chi connectivity index (χ4v) is 2.69. The van der Waals surface area contributed by atoms with Gasteiger partial charge in [0.05, 0.1) is 16.3 Å². The lowest BCUT2D eigenvalue weighted by molar-refractivity contribution is 0.602. The molecular weight excluding hydrogens is 236 g/mol. The zero-order chi connectivity index (χ0) is 12.6. The third kappa shape index (κ3) is 2.54. The fraction of sp³-hybridized carbons (Fsp3) is 0.500. The van der Waals surface area contributed by atoms with Gasteiger partial charge >= 0.3 is 0 Å². The molecule has 0 aromatic heterocycles. The van der Waals surface area contributed by atoms with Crippen LogP contribution in [0.3, 0.4) is 0 Å². The van der Waals surface area contributed by atoms with Crippen LogP contribution in [0, 0.1) is 0 Å². The van der Waals surface area contributed by atoms with Gasteiger partial charge in [0.15, 0.2) is 9.84 Å². The first-order valence-corrected chi connectivity index (χ1v) is 7.69. The molecule has 0 bridgehead atoms. The van der Waals surface area contributed by atoms with Crippen molar-refractivity contribution in [2.24, 2.45) is 0 Å². The van der Waals surface area contributed by atoms with E-state index >= 15 is 0 Å². The van der Waals surface area contributed by atoms with Crippen LogP contribution >= 0.6 is 0 Å². The van der Waals surface area contributed by atoms with E-state index in [0.717, 1.165) is 12.2 Å². The van der Waals surface area contributed by atoms with Gasteiger partial charge in [-0.05, 0) is 38.0 Å². The molecule has 0 unspecified atom stereocenters. The maximum absolute atomic E-state index is 11.4. The van der Waals surface area contributed by atoms with Crippen LogP contribution in [0.1, 0.15) is 19.8 Å². The first-order chi connectivity index (χ1) is 7.93. The molecule has 2 rings (SSSR count). The molecule has 1 aliphatic rings. The minimum absolute atomic E-state index is 0.283. The second kappa shape index (κ2) is 4.22. The highest BCUT2D eigenvalue weighted by atomic mass is 32.2. The van der Waals surface area contributed by atoms with Crippen LogP contribution in [0.2, 0.25) is 0 Å². The van der Waals surface area contributed by atoms with E-state index in [4.69, 9.17) is 5.73 Å². The SMILES string of the molecule is CCN(c1ccc(S(C)(=O)=O)cc1N)C1CC1. The minimum atomic E-state index is -3.18. The summed E-state index contributed by atoms with van der Waals surface area (Å²) in [6.07, 6.45) is 3.59. The highest BCUT2D eigenvalue weighted by Crippen LogP contribution is 2.35. The van der Waals surface area contributed by atoms with Gasteiger partial charge in [0.25, 0.3) is 0 Å². The predicted octanol–water partition coefficient (Wildman–Crippen LogP) is 1.66. The van der Waals surface area contributed by atoms with Crippen LogP contribution in [0.25, 0.3) is 0 Å². The first kappa shape index (κ1) is 12.2. The van der Waals surface area contributed by atoms with Crippen LogP contribution in [-0.4, -0.2) is 27.3 Å². The Hall–Kier alpha value is -1.23. The lowest BCUT2D eigenvalue weighted by atomic mass is 10.2. The third-order valence-electron chi connectivity index (χ3n) is 3.06. The number of benzene rings is 1. The Labute approximate surface area is 102 Å². The molecule has 0 heterocycles. The van der Waals surface area contributed by atoms with E-state index in [1.807, 2.05) is 6.07 Å². The lowest BCUT2D eigenvalue weighted by Crippen LogP contribution is -2.26. The second-order valence-electron chi connectivity index (χ2n) is 4.51. The zero-order valence-electron chi connectivity index (χ0n) is 10.2. The Morgan fingerprint density at radius 3 is 2.47 bits per heavy atom. The van der Waals surface area contributed by atoms with Gasteiger partial charge in [0, 0.05) is 18.8 Å². The molecule has 0 atom stereocenters. The summed E-state index contributed by atoms with van der Waals surface area (Å²) in [6, 6.07) is 5.57. The topological polar surface area (TPSA) is 63.4 Å². The van der Waals surface area contributed by atoms with Crippen LogP contribution in [0.15, 0.2) is 23.1 Å². The number of anilines is 2. The molecule has 1 aromatic rings. The van der Waals surface area contributed by atoms with Gasteiger partial charge in [-0.2, -0.15) is 0 Å². The molecule has 94 valence electrons. The van der Waals surface area contributed by atoms with Crippen molar-refractivity contribution in [3.8, 4) is 0 Å². The first-order valence-electron chi connectivity index (χ1n) is 5.79. The van der Waals surface area contributed by atoms with Crippen molar-refractivity contribution in [2.45, 2.75) is 30.7 Å². The molecule has 1 fully saturated rings. The third-order valence-corrected chi connectivity index (χ3v) is 4.18. The molecule has 0 radical (unpaired) electrons. The van der Waals surface area contributed by atoms with Gasteiger partial charge in [0.2, 0.25) is 0 Å². The Bertz CT molecular complexity index is 521. The van der Waals surface area contributed by atoms with Crippen molar-refractivity contribution in [2.75, 3.05) is 23.4 Å². The number of rotatable bonds is 4. The average Bonchev–Trinajstić information content (AvgIpc) is 3.04. The van der Waals surface area contributed by atoms with Crippen molar-refractivity contribution in [1.29, 1.82) is 0 Å². The van der Waals surface area contributed by atoms with E-state index in [-0.39, 0.29) is 4.90 Å². The summed E-state index contributed by atoms with van der Waals surface area (Å²) in [5.74, 6) is 0. The Morgan fingerprint density at radius 2 is 2.06 bits per heavy atom. The Morgan fingerprint density at radius 1 is 1.41 bits per heavy atom. The largest absolute Gasteiger partial charge is 0.397 e. The van der Waals surface area contributed by atoms with Gasteiger partial charge in [-0.25, -0.2) is 8.42 Å². The summed E-state index contributed by atoms with van der Waals surface area (Å²) in [4.78, 5) is 2.52. The van der Waals surface area contributed by atoms with Crippen LogP contribution in [0.5, 0.6) is 0 Å². The molecule has 17 heavy (non-hydrogen) atoms. The number of hydrogen-bond acceptors (Lipinski definition) is 4. The number of nitrogen functional groups attached to an aromatic ring is 1. The molecule has 5 heteroatoms. The molecule has 0 amide bonds. The quantitative estimate of drug-likeness (QED) is 0.830. The summed E-state index contributed by atoms with van der Waals surface area (Å²) >= 11 is 0. The normalized spacial score (nSPS) is 15.9. The molecule has 0 saturated heterocycles. The highest BCUT2D eigenvalue weighted by Gasteiger charge is 2.29. The van der Waals surface area contributed by atoms with E-state index in [0.29, 0.717) is 11.7 Å². The monoisotopic (exact) mass is 254 g/mol. The number of hydrogen-bond donors (Lipinski definition) is 1. The molecule has 1 aromatic carbocycles. The van der Waals surface area contributed by atoms with Crippen LogP contribution in [-0.2, 0) is 9.84 Å². The van der Waals surface area contributed by atoms with E-state index in [1.54, 1.807) is 12.1 Å².